The SMILES string of the molecule is C=CCc1ccn(O)c(=N)n1.CS(C)(=O)=O.c1cc[nH]c1. The summed E-state index contributed by atoms with van der Waals surface area (Å²) in [4.78, 5) is 6.63. The number of sulfone groups is 1. The van der Waals surface area contributed by atoms with Crippen LogP contribution in [0.5, 0.6) is 0 Å². The number of hydrogen-bond acceptors (Lipinski definition) is 5. The second kappa shape index (κ2) is 9.54. The first-order valence-electron chi connectivity index (χ1n) is 5.90. The maximum absolute atomic E-state index is 9.63. The predicted octanol–water partition coefficient (Wildman–Crippen LogP) is 1.00. The molecule has 116 valence electrons. The van der Waals surface area contributed by atoms with Gasteiger partial charge in [0, 0.05) is 43.2 Å². The van der Waals surface area contributed by atoms with E-state index in [4.69, 9.17) is 10.6 Å². The zero-order valence-corrected chi connectivity index (χ0v) is 12.8. The molecule has 0 spiro atoms. The quantitative estimate of drug-likeness (QED) is 0.567. The molecule has 0 aromatic carbocycles. The number of nitrogens with one attached hydrogen (secondary N) is 2. The lowest BCUT2D eigenvalue weighted by atomic mass is 10.3. The van der Waals surface area contributed by atoms with Gasteiger partial charge in [0.1, 0.15) is 9.84 Å². The Hall–Kier alpha value is -2.35. The molecule has 2 heterocycles. The van der Waals surface area contributed by atoms with Gasteiger partial charge in [0.15, 0.2) is 0 Å². The average Bonchev–Trinajstić information content (AvgIpc) is 2.91. The van der Waals surface area contributed by atoms with Crippen molar-refractivity contribution < 1.29 is 13.6 Å². The zero-order chi connectivity index (χ0) is 16.3. The topological polar surface area (TPSA) is 112 Å². The highest BCUT2D eigenvalue weighted by Gasteiger charge is 1.92. The summed E-state index contributed by atoms with van der Waals surface area (Å²) in [6.45, 7) is 3.54. The van der Waals surface area contributed by atoms with Crippen LogP contribution in [0.2, 0.25) is 0 Å². The number of hydrogen-bond donors (Lipinski definition) is 3. The number of rotatable bonds is 2. The van der Waals surface area contributed by atoms with Crippen LogP contribution < -0.4 is 5.62 Å². The summed E-state index contributed by atoms with van der Waals surface area (Å²) in [5, 5.41) is 16.0. The van der Waals surface area contributed by atoms with E-state index in [0.29, 0.717) is 11.2 Å². The summed E-state index contributed by atoms with van der Waals surface area (Å²) in [6, 6.07) is 5.53. The first kappa shape index (κ1) is 18.7. The van der Waals surface area contributed by atoms with E-state index < -0.39 is 9.84 Å². The van der Waals surface area contributed by atoms with Gasteiger partial charge in [-0.2, -0.15) is 4.73 Å². The van der Waals surface area contributed by atoms with Crippen LogP contribution in [-0.2, 0) is 16.3 Å². The number of aromatic amines is 1. The van der Waals surface area contributed by atoms with E-state index in [9.17, 15) is 8.42 Å². The van der Waals surface area contributed by atoms with Gasteiger partial charge in [-0.25, -0.2) is 13.4 Å². The molecule has 0 bridgehead atoms. The zero-order valence-electron chi connectivity index (χ0n) is 12.0. The van der Waals surface area contributed by atoms with Gasteiger partial charge < -0.3 is 10.2 Å². The van der Waals surface area contributed by atoms with E-state index in [1.807, 2.05) is 24.5 Å². The maximum Gasteiger partial charge on any atom is 0.255 e. The maximum atomic E-state index is 9.63. The molecule has 0 fully saturated rings. The second-order valence-electron chi connectivity index (χ2n) is 4.11. The minimum Gasteiger partial charge on any atom is -0.425 e. The fraction of sp³-hybridized carbons (Fsp3) is 0.231. The summed E-state index contributed by atoms with van der Waals surface area (Å²) < 4.78 is 19.9. The highest BCUT2D eigenvalue weighted by atomic mass is 32.2. The molecule has 7 nitrogen and oxygen atoms in total. The van der Waals surface area contributed by atoms with Gasteiger partial charge in [0.05, 0.1) is 0 Å². The Morgan fingerprint density at radius 2 is 1.95 bits per heavy atom. The van der Waals surface area contributed by atoms with Crippen LogP contribution in [0.4, 0.5) is 0 Å². The van der Waals surface area contributed by atoms with Crippen LogP contribution >= 0.6 is 0 Å². The van der Waals surface area contributed by atoms with Crippen LogP contribution in [0.3, 0.4) is 0 Å². The van der Waals surface area contributed by atoms with E-state index in [-0.39, 0.29) is 5.62 Å². The molecule has 0 radical (unpaired) electrons. The molecule has 3 N–H and O–H groups in total. The molecule has 0 unspecified atom stereocenters. The number of nitrogens with zero attached hydrogens (tertiary/aromatic N) is 2. The molecular weight excluding hydrogens is 292 g/mol. The summed E-state index contributed by atoms with van der Waals surface area (Å²) in [6.07, 6.45) is 9.77. The Morgan fingerprint density at radius 1 is 1.43 bits per heavy atom. The number of allylic oxidation sites excluding steroid dienone is 1. The predicted molar refractivity (Wildman–Crippen MR) is 80.7 cm³/mol. The Bertz CT molecular complexity index is 650. The third kappa shape index (κ3) is 12.4. The lowest BCUT2D eigenvalue weighted by molar-refractivity contribution is 0.164. The fourth-order valence-electron chi connectivity index (χ4n) is 0.991. The van der Waals surface area contributed by atoms with Crippen molar-refractivity contribution in [2.75, 3.05) is 12.5 Å². The molecular formula is C13H20N4O3S. The fourth-order valence-corrected chi connectivity index (χ4v) is 0.991. The Labute approximate surface area is 124 Å². The summed E-state index contributed by atoms with van der Waals surface area (Å²) in [5.74, 6) is 0. The Kier molecular flexibility index (Phi) is 8.47. The first-order valence-corrected chi connectivity index (χ1v) is 8.20. The van der Waals surface area contributed by atoms with Crippen molar-refractivity contribution in [2.45, 2.75) is 6.42 Å². The molecule has 8 heteroatoms. The number of aromatic nitrogens is 3. The lowest BCUT2D eigenvalue weighted by Crippen LogP contribution is -2.21. The van der Waals surface area contributed by atoms with Gasteiger partial charge in [-0.1, -0.05) is 6.08 Å². The molecule has 0 aliphatic heterocycles. The van der Waals surface area contributed by atoms with Gasteiger partial charge in [-0.3, -0.25) is 5.41 Å². The minimum atomic E-state index is -2.67. The largest absolute Gasteiger partial charge is 0.425 e. The standard InChI is InChI=1S/C7H9N3O.C4H5N.C2H6O2S/c1-2-3-6-4-5-10(11)7(8)9-6;1-2-4-5-3-1;1-5(2,3)4/h2,4-5,8,11H,1,3H2;1-5H;1-2H3. The molecule has 2 aromatic rings. The smallest absolute Gasteiger partial charge is 0.255 e. The molecule has 21 heavy (non-hydrogen) atoms. The minimum absolute atomic E-state index is 0.163. The lowest BCUT2D eigenvalue weighted by Gasteiger charge is -1.97. The third-order valence-electron chi connectivity index (χ3n) is 1.72. The van der Waals surface area contributed by atoms with Gasteiger partial charge in [0.2, 0.25) is 0 Å². The van der Waals surface area contributed by atoms with Crippen molar-refractivity contribution in [2.24, 2.45) is 0 Å². The second-order valence-corrected chi connectivity index (χ2v) is 6.39. The van der Waals surface area contributed by atoms with Gasteiger partial charge >= 0.3 is 0 Å². The van der Waals surface area contributed by atoms with Crippen LogP contribution in [-0.4, -0.2) is 40.8 Å². The van der Waals surface area contributed by atoms with Crippen molar-refractivity contribution >= 4 is 9.84 Å². The van der Waals surface area contributed by atoms with Crippen LogP contribution in [0.1, 0.15) is 5.69 Å². The van der Waals surface area contributed by atoms with Crippen molar-refractivity contribution in [1.82, 2.24) is 14.7 Å². The molecule has 0 amide bonds. The van der Waals surface area contributed by atoms with Gasteiger partial charge in [0.25, 0.3) is 5.62 Å². The number of H-pyrrole nitrogens is 1. The van der Waals surface area contributed by atoms with E-state index >= 15 is 0 Å². The van der Waals surface area contributed by atoms with Crippen LogP contribution in [0.25, 0.3) is 0 Å². The molecule has 2 rings (SSSR count). The van der Waals surface area contributed by atoms with Crippen LogP contribution in [0, 0.1) is 5.41 Å². The van der Waals surface area contributed by atoms with E-state index in [0.717, 1.165) is 18.2 Å². The van der Waals surface area contributed by atoms with Crippen LogP contribution in [0.15, 0.2) is 49.4 Å². The Balaban J connectivity index is 0.000000332. The van der Waals surface area contributed by atoms with E-state index in [2.05, 4.69) is 16.5 Å². The monoisotopic (exact) mass is 312 g/mol. The Morgan fingerprint density at radius 3 is 2.29 bits per heavy atom. The molecule has 0 saturated heterocycles. The average molecular weight is 312 g/mol. The van der Waals surface area contributed by atoms with E-state index in [1.165, 1.54) is 6.20 Å². The normalized spacial score (nSPS) is 9.62. The molecule has 0 aliphatic carbocycles. The first-order chi connectivity index (χ1) is 9.74. The van der Waals surface area contributed by atoms with Crippen molar-refractivity contribution in [3.8, 4) is 0 Å². The van der Waals surface area contributed by atoms with Gasteiger partial charge in [-0.15, -0.1) is 6.58 Å². The highest BCUT2D eigenvalue weighted by Crippen LogP contribution is 1.90. The molecule has 2 aromatic heterocycles. The van der Waals surface area contributed by atoms with Crippen molar-refractivity contribution in [3.63, 3.8) is 0 Å². The highest BCUT2D eigenvalue weighted by molar-refractivity contribution is 7.89. The molecule has 0 atom stereocenters. The van der Waals surface area contributed by atoms with E-state index in [1.54, 1.807) is 12.1 Å². The summed E-state index contributed by atoms with van der Waals surface area (Å²) in [5.41, 5.74) is 0.569. The van der Waals surface area contributed by atoms with Crippen molar-refractivity contribution in [3.05, 3.63) is 60.8 Å². The summed E-state index contributed by atoms with van der Waals surface area (Å²) >= 11 is 0. The third-order valence-corrected chi connectivity index (χ3v) is 1.72. The summed E-state index contributed by atoms with van der Waals surface area (Å²) in [7, 11) is -2.67. The van der Waals surface area contributed by atoms with Crippen molar-refractivity contribution in [1.29, 1.82) is 5.41 Å². The molecule has 0 aliphatic rings. The van der Waals surface area contributed by atoms with Gasteiger partial charge in [-0.05, 0) is 18.2 Å². The molecule has 0 saturated carbocycles.